The summed E-state index contributed by atoms with van der Waals surface area (Å²) in [4.78, 5) is 43.3. The van der Waals surface area contributed by atoms with Gasteiger partial charge < -0.3 is 0 Å². The molecule has 3 nitrogen and oxygen atoms in total. The van der Waals surface area contributed by atoms with E-state index in [1.807, 2.05) is 84.9 Å². The van der Waals surface area contributed by atoms with Gasteiger partial charge in [0.05, 0.1) is 22.7 Å². The third kappa shape index (κ3) is 2.21. The van der Waals surface area contributed by atoms with Gasteiger partial charge >= 0.3 is 0 Å². The van der Waals surface area contributed by atoms with E-state index in [-0.39, 0.29) is 17.3 Å². The molecule has 3 aliphatic carbocycles. The Morgan fingerprint density at radius 1 is 0.421 bits per heavy atom. The highest BCUT2D eigenvalue weighted by Gasteiger charge is 2.79. The molecule has 0 aliphatic heterocycles. The van der Waals surface area contributed by atoms with Crippen molar-refractivity contribution in [3.8, 4) is 0 Å². The number of hydrogen-bond donors (Lipinski definition) is 0. The number of Topliss-reactive ketones (excluding diaryl/α,β-unsaturated/α-hetero) is 1. The van der Waals surface area contributed by atoms with Crippen LogP contribution in [0.3, 0.4) is 0 Å². The van der Waals surface area contributed by atoms with Crippen molar-refractivity contribution in [3.05, 3.63) is 144 Å². The zero-order valence-electron chi connectivity index (χ0n) is 20.4. The first-order valence-corrected chi connectivity index (χ1v) is 13.0. The van der Waals surface area contributed by atoms with Gasteiger partial charge in [-0.15, -0.1) is 0 Å². The molecule has 0 aromatic heterocycles. The average molecular weight is 491 g/mol. The first kappa shape index (κ1) is 21.5. The normalized spacial score (nSPS) is 27.2. The monoisotopic (exact) mass is 490 g/mol. The van der Waals surface area contributed by atoms with E-state index in [2.05, 4.69) is 24.3 Å². The fraction of sp³-hybridized carbons (Fsp3) is 0.114. The molecule has 0 saturated heterocycles. The Morgan fingerprint density at radius 2 is 0.763 bits per heavy atom. The highest BCUT2D eigenvalue weighted by atomic mass is 16.2. The molecule has 1 saturated carbocycles. The fourth-order valence-electron chi connectivity index (χ4n) is 8.03. The number of carbonyl (C=O) groups is 3. The minimum Gasteiger partial charge on any atom is -0.297 e. The van der Waals surface area contributed by atoms with Gasteiger partial charge in [-0.25, -0.2) is 0 Å². The van der Waals surface area contributed by atoms with Crippen molar-refractivity contribution < 1.29 is 14.4 Å². The van der Waals surface area contributed by atoms with Crippen molar-refractivity contribution in [1.82, 2.24) is 0 Å². The zero-order valence-corrected chi connectivity index (χ0v) is 20.4. The molecule has 0 heterocycles. The Hall–Kier alpha value is -4.63. The summed E-state index contributed by atoms with van der Waals surface area (Å²) in [6, 6.07) is 35.6. The summed E-state index contributed by atoms with van der Waals surface area (Å²) in [7, 11) is 0. The lowest BCUT2D eigenvalue weighted by molar-refractivity contribution is -0.130. The first-order valence-electron chi connectivity index (χ1n) is 13.0. The molecule has 4 atom stereocenters. The van der Waals surface area contributed by atoms with E-state index in [4.69, 9.17) is 0 Å². The number of hydrogen-bond acceptors (Lipinski definition) is 3. The maximum atomic E-state index is 15.5. The van der Waals surface area contributed by atoms with Gasteiger partial charge in [-0.05, 0) is 56.0 Å². The second kappa shape index (κ2) is 7.23. The van der Waals surface area contributed by atoms with Crippen LogP contribution in [0.25, 0.3) is 21.5 Å². The SMILES string of the molecule is O=C1C=CC(=O)[C@H]2[C@@H]1[C@]1(c3ccccc3)C(=O)[C@@]2(c2ccccc2)c2c1c1ccccc1c1ccccc21. The molecule has 0 unspecified atom stereocenters. The van der Waals surface area contributed by atoms with Gasteiger partial charge in [0.2, 0.25) is 0 Å². The van der Waals surface area contributed by atoms with E-state index >= 15 is 4.79 Å². The molecule has 3 aliphatic rings. The molecule has 38 heavy (non-hydrogen) atoms. The third-order valence-electron chi connectivity index (χ3n) is 9.19. The summed E-state index contributed by atoms with van der Waals surface area (Å²) in [6.45, 7) is 0. The quantitative estimate of drug-likeness (QED) is 0.281. The summed E-state index contributed by atoms with van der Waals surface area (Å²) in [5.41, 5.74) is 0.743. The predicted molar refractivity (Wildman–Crippen MR) is 147 cm³/mol. The van der Waals surface area contributed by atoms with Crippen molar-refractivity contribution in [3.63, 3.8) is 0 Å². The molecule has 2 bridgehead atoms. The van der Waals surface area contributed by atoms with Crippen LogP contribution in [0.1, 0.15) is 22.3 Å². The molecule has 8 rings (SSSR count). The van der Waals surface area contributed by atoms with Crippen molar-refractivity contribution in [2.45, 2.75) is 10.8 Å². The van der Waals surface area contributed by atoms with Gasteiger partial charge in [-0.2, -0.15) is 0 Å². The standard InChI is InChI=1S/C35H22O3/c36-27-19-20-28(37)32-31(27)34(21-11-3-1-4-12-21)29-25-17-9-7-15-23(25)24-16-8-10-18-26(24)30(29)35(32,33(34)38)22-13-5-2-6-14-22/h1-20,31-32H/t31-,32+,34-,35+. The molecule has 3 heteroatoms. The van der Waals surface area contributed by atoms with Gasteiger partial charge in [0, 0.05) is 0 Å². The van der Waals surface area contributed by atoms with E-state index in [9.17, 15) is 9.59 Å². The van der Waals surface area contributed by atoms with Crippen LogP contribution in [0.15, 0.2) is 121 Å². The van der Waals surface area contributed by atoms with E-state index in [0.29, 0.717) is 0 Å². The number of rotatable bonds is 2. The number of carbonyl (C=O) groups excluding carboxylic acids is 3. The van der Waals surface area contributed by atoms with Crippen LogP contribution < -0.4 is 0 Å². The van der Waals surface area contributed by atoms with Gasteiger partial charge in [-0.3, -0.25) is 14.4 Å². The van der Waals surface area contributed by atoms with Crippen LogP contribution in [0.5, 0.6) is 0 Å². The fourth-order valence-corrected chi connectivity index (χ4v) is 8.03. The van der Waals surface area contributed by atoms with Gasteiger partial charge in [0.1, 0.15) is 0 Å². The highest BCUT2D eigenvalue weighted by Crippen LogP contribution is 2.71. The van der Waals surface area contributed by atoms with E-state index in [1.54, 1.807) is 0 Å². The molecule has 0 N–H and O–H groups in total. The molecule has 5 aromatic carbocycles. The first-order chi connectivity index (χ1) is 18.6. The topological polar surface area (TPSA) is 51.2 Å². The Kier molecular flexibility index (Phi) is 4.08. The Bertz CT molecular complexity index is 1750. The molecular formula is C35H22O3. The smallest absolute Gasteiger partial charge is 0.164 e. The Labute approximate surface area is 219 Å². The molecule has 5 aromatic rings. The second-order valence-corrected chi connectivity index (χ2v) is 10.6. The summed E-state index contributed by atoms with van der Waals surface area (Å²) >= 11 is 0. The highest BCUT2D eigenvalue weighted by molar-refractivity contribution is 6.29. The van der Waals surface area contributed by atoms with Gasteiger partial charge in [0.25, 0.3) is 0 Å². The molecule has 0 spiro atoms. The van der Waals surface area contributed by atoms with Crippen LogP contribution in [0.4, 0.5) is 0 Å². The maximum Gasteiger partial charge on any atom is 0.164 e. The number of ketones is 3. The van der Waals surface area contributed by atoms with Crippen molar-refractivity contribution in [2.75, 3.05) is 0 Å². The summed E-state index contributed by atoms with van der Waals surface area (Å²) in [5, 5.41) is 4.01. The molecule has 0 amide bonds. The minimum atomic E-state index is -1.28. The van der Waals surface area contributed by atoms with Crippen LogP contribution in [0, 0.1) is 11.8 Å². The van der Waals surface area contributed by atoms with Crippen molar-refractivity contribution in [1.29, 1.82) is 0 Å². The van der Waals surface area contributed by atoms with Crippen LogP contribution in [-0.2, 0) is 25.2 Å². The van der Waals surface area contributed by atoms with Crippen molar-refractivity contribution in [2.24, 2.45) is 11.8 Å². The number of allylic oxidation sites excluding steroid dienone is 2. The molecule has 0 radical (unpaired) electrons. The maximum absolute atomic E-state index is 15.5. The number of benzene rings is 5. The zero-order chi connectivity index (χ0) is 25.6. The lowest BCUT2D eigenvalue weighted by atomic mass is 9.55. The van der Waals surface area contributed by atoms with E-state index < -0.39 is 22.7 Å². The minimum absolute atomic E-state index is 0.0701. The van der Waals surface area contributed by atoms with Gasteiger partial charge in [-0.1, -0.05) is 109 Å². The Balaban J connectivity index is 1.70. The summed E-state index contributed by atoms with van der Waals surface area (Å²) < 4.78 is 0. The van der Waals surface area contributed by atoms with Crippen LogP contribution >= 0.6 is 0 Å². The molecule has 1 fully saturated rings. The second-order valence-electron chi connectivity index (χ2n) is 10.6. The predicted octanol–water partition coefficient (Wildman–Crippen LogP) is 6.10. The molecule has 180 valence electrons. The summed E-state index contributed by atoms with van der Waals surface area (Å²) in [5.74, 6) is -2.02. The lowest BCUT2D eigenvalue weighted by Crippen LogP contribution is -2.49. The average Bonchev–Trinajstić information content (AvgIpc) is 3.37. The van der Waals surface area contributed by atoms with Crippen molar-refractivity contribution >= 4 is 38.9 Å². The largest absolute Gasteiger partial charge is 0.297 e. The van der Waals surface area contributed by atoms with E-state index in [0.717, 1.165) is 43.8 Å². The van der Waals surface area contributed by atoms with E-state index in [1.165, 1.54) is 12.2 Å². The molecular weight excluding hydrogens is 468 g/mol. The number of fused-ring (bicyclic) bond motifs is 13. The third-order valence-corrected chi connectivity index (χ3v) is 9.19. The lowest BCUT2D eigenvalue weighted by Gasteiger charge is -2.43. The van der Waals surface area contributed by atoms with Gasteiger partial charge in [0.15, 0.2) is 17.3 Å². The summed E-state index contributed by atoms with van der Waals surface area (Å²) in [6.07, 6.45) is 2.79. The Morgan fingerprint density at radius 3 is 1.16 bits per heavy atom. The van der Waals surface area contributed by atoms with Crippen LogP contribution in [0.2, 0.25) is 0 Å². The van der Waals surface area contributed by atoms with Crippen LogP contribution in [-0.4, -0.2) is 17.3 Å².